The van der Waals surface area contributed by atoms with E-state index in [9.17, 15) is 9.59 Å². The van der Waals surface area contributed by atoms with Crippen molar-refractivity contribution in [3.63, 3.8) is 0 Å². The molecule has 27 heavy (non-hydrogen) atoms. The first-order chi connectivity index (χ1) is 12.9. The molecule has 7 nitrogen and oxygen atoms in total. The average Bonchev–Trinajstić information content (AvgIpc) is 2.66. The molecule has 2 heterocycles. The number of hydrogen-bond donors (Lipinski definition) is 1. The predicted octanol–water partition coefficient (Wildman–Crippen LogP) is 3.35. The van der Waals surface area contributed by atoms with E-state index in [2.05, 4.69) is 10.3 Å². The third kappa shape index (κ3) is 3.73. The van der Waals surface area contributed by atoms with Gasteiger partial charge in [-0.1, -0.05) is 11.6 Å². The number of nitrogens with one attached hydrogen (secondary N) is 1. The van der Waals surface area contributed by atoms with Gasteiger partial charge in [-0.25, -0.2) is 9.78 Å². The molecule has 0 fully saturated rings. The van der Waals surface area contributed by atoms with Crippen molar-refractivity contribution in [1.29, 1.82) is 0 Å². The molecule has 3 rings (SSSR count). The smallest absolute Gasteiger partial charge is 0.340 e. The highest BCUT2D eigenvalue weighted by atomic mass is 35.5. The van der Waals surface area contributed by atoms with Crippen LogP contribution < -0.4 is 20.4 Å². The van der Waals surface area contributed by atoms with Crippen molar-refractivity contribution < 1.29 is 18.7 Å². The van der Waals surface area contributed by atoms with Crippen LogP contribution in [0.5, 0.6) is 11.5 Å². The molecule has 0 spiro atoms. The van der Waals surface area contributed by atoms with Crippen molar-refractivity contribution in [2.24, 2.45) is 0 Å². The largest absolute Gasteiger partial charge is 0.493 e. The minimum Gasteiger partial charge on any atom is -0.493 e. The maximum atomic E-state index is 12.5. The maximum Gasteiger partial charge on any atom is 0.340 e. The minimum absolute atomic E-state index is 0.150. The van der Waals surface area contributed by atoms with E-state index in [1.807, 2.05) is 0 Å². The highest BCUT2D eigenvalue weighted by Gasteiger charge is 2.19. The van der Waals surface area contributed by atoms with Crippen LogP contribution in [-0.4, -0.2) is 25.1 Å². The summed E-state index contributed by atoms with van der Waals surface area (Å²) in [5, 5.41) is 3.75. The van der Waals surface area contributed by atoms with Gasteiger partial charge in [0.1, 0.15) is 5.82 Å². The minimum atomic E-state index is -0.606. The van der Waals surface area contributed by atoms with Gasteiger partial charge in [0, 0.05) is 11.6 Å². The van der Waals surface area contributed by atoms with Gasteiger partial charge >= 0.3 is 5.63 Å². The number of carbonyl (C=O) groups excluding carboxylic acids is 1. The molecule has 1 N–H and O–H groups in total. The Kier molecular flexibility index (Phi) is 5.32. The van der Waals surface area contributed by atoms with Crippen molar-refractivity contribution in [3.05, 3.63) is 57.0 Å². The second-order valence-corrected chi connectivity index (χ2v) is 6.19. The van der Waals surface area contributed by atoms with Crippen LogP contribution in [0.4, 0.5) is 5.82 Å². The third-order valence-corrected chi connectivity index (χ3v) is 4.35. The number of carbonyl (C=O) groups is 1. The number of amides is 1. The van der Waals surface area contributed by atoms with Gasteiger partial charge in [-0.05, 0) is 36.8 Å². The first-order valence-corrected chi connectivity index (χ1v) is 8.41. The van der Waals surface area contributed by atoms with Crippen molar-refractivity contribution in [2.75, 3.05) is 19.5 Å². The zero-order chi connectivity index (χ0) is 19.6. The normalized spacial score (nSPS) is 10.7. The Morgan fingerprint density at radius 1 is 1.22 bits per heavy atom. The summed E-state index contributed by atoms with van der Waals surface area (Å²) >= 11 is 5.77. The Bertz CT molecular complexity index is 1060. The van der Waals surface area contributed by atoms with Gasteiger partial charge in [0.05, 0.1) is 31.2 Å². The van der Waals surface area contributed by atoms with E-state index in [-0.39, 0.29) is 23.5 Å². The summed E-state index contributed by atoms with van der Waals surface area (Å²) in [6.45, 7) is 1.76. The van der Waals surface area contributed by atoms with Gasteiger partial charge in [-0.3, -0.25) is 4.79 Å². The number of aryl methyl sites for hydroxylation is 1. The van der Waals surface area contributed by atoms with E-state index < -0.39 is 5.63 Å². The maximum absolute atomic E-state index is 12.5. The second kappa shape index (κ2) is 7.67. The molecule has 0 unspecified atom stereocenters. The van der Waals surface area contributed by atoms with Crippen molar-refractivity contribution >= 4 is 34.3 Å². The van der Waals surface area contributed by atoms with Gasteiger partial charge in [0.2, 0.25) is 11.7 Å². The van der Waals surface area contributed by atoms with Gasteiger partial charge in [-0.15, -0.1) is 0 Å². The monoisotopic (exact) mass is 388 g/mol. The van der Waals surface area contributed by atoms with Crippen LogP contribution in [0.2, 0.25) is 5.02 Å². The lowest BCUT2D eigenvalue weighted by atomic mass is 10.0. The standard InChI is InChI=1S/C19H17ClN2O5/c1-10-12-5-6-14(25-2)18(26-3)17(12)27-19(24)13(10)8-16(23)22-15-7-4-11(20)9-21-15/h4-7,9H,8H2,1-3H3,(H,21,22,23). The number of hydrogen-bond acceptors (Lipinski definition) is 6. The van der Waals surface area contributed by atoms with Crippen LogP contribution in [0.1, 0.15) is 11.1 Å². The van der Waals surface area contributed by atoms with E-state index in [4.69, 9.17) is 25.5 Å². The highest BCUT2D eigenvalue weighted by Crippen LogP contribution is 2.36. The number of fused-ring (bicyclic) bond motifs is 1. The fourth-order valence-electron chi connectivity index (χ4n) is 2.77. The number of nitrogens with zero attached hydrogens (tertiary/aromatic N) is 1. The SMILES string of the molecule is COc1ccc2c(C)c(CC(=O)Nc3ccc(Cl)cn3)c(=O)oc2c1OC. The molecule has 0 saturated heterocycles. The zero-order valence-corrected chi connectivity index (χ0v) is 15.7. The van der Waals surface area contributed by atoms with E-state index in [0.29, 0.717) is 33.3 Å². The van der Waals surface area contributed by atoms with Crippen LogP contribution in [0, 0.1) is 6.92 Å². The summed E-state index contributed by atoms with van der Waals surface area (Å²) in [4.78, 5) is 28.8. The molecule has 3 aromatic rings. The molecule has 2 aromatic heterocycles. The molecule has 0 radical (unpaired) electrons. The predicted molar refractivity (Wildman–Crippen MR) is 102 cm³/mol. The summed E-state index contributed by atoms with van der Waals surface area (Å²) in [6, 6.07) is 6.67. The summed E-state index contributed by atoms with van der Waals surface area (Å²) in [5.41, 5.74) is 0.580. The van der Waals surface area contributed by atoms with Gasteiger partial charge < -0.3 is 19.2 Å². The lowest BCUT2D eigenvalue weighted by Gasteiger charge is -2.12. The van der Waals surface area contributed by atoms with Crippen LogP contribution >= 0.6 is 11.6 Å². The summed E-state index contributed by atoms with van der Waals surface area (Å²) < 4.78 is 16.0. The van der Waals surface area contributed by atoms with Crippen molar-refractivity contribution in [2.45, 2.75) is 13.3 Å². The topological polar surface area (TPSA) is 90.7 Å². The molecule has 0 bridgehead atoms. The van der Waals surface area contributed by atoms with Crippen molar-refractivity contribution in [3.8, 4) is 11.5 Å². The van der Waals surface area contributed by atoms with Crippen LogP contribution in [0.15, 0.2) is 39.7 Å². The number of aromatic nitrogens is 1. The summed E-state index contributed by atoms with van der Waals surface area (Å²) in [5.74, 6) is 0.738. The molecular formula is C19H17ClN2O5. The molecule has 1 amide bonds. The summed E-state index contributed by atoms with van der Waals surface area (Å²) in [7, 11) is 2.96. The van der Waals surface area contributed by atoms with Gasteiger partial charge in [0.15, 0.2) is 11.3 Å². The van der Waals surface area contributed by atoms with E-state index in [1.165, 1.54) is 20.4 Å². The average molecular weight is 389 g/mol. The quantitative estimate of drug-likeness (QED) is 0.674. The first kappa shape index (κ1) is 18.7. The molecule has 0 saturated carbocycles. The molecule has 0 aliphatic rings. The second-order valence-electron chi connectivity index (χ2n) is 5.76. The van der Waals surface area contributed by atoms with E-state index >= 15 is 0 Å². The first-order valence-electron chi connectivity index (χ1n) is 8.03. The fraction of sp³-hybridized carbons (Fsp3) is 0.211. The number of anilines is 1. The fourth-order valence-corrected chi connectivity index (χ4v) is 2.88. The molecule has 1 aromatic carbocycles. The molecular weight excluding hydrogens is 372 g/mol. The number of benzene rings is 1. The third-order valence-electron chi connectivity index (χ3n) is 4.13. The number of methoxy groups -OCH3 is 2. The summed E-state index contributed by atoms with van der Waals surface area (Å²) in [6.07, 6.45) is 1.27. The highest BCUT2D eigenvalue weighted by molar-refractivity contribution is 6.30. The van der Waals surface area contributed by atoms with Crippen LogP contribution in [0.25, 0.3) is 11.0 Å². The zero-order valence-electron chi connectivity index (χ0n) is 15.0. The number of ether oxygens (including phenoxy) is 2. The Hall–Kier alpha value is -3.06. The van der Waals surface area contributed by atoms with E-state index in [1.54, 1.807) is 31.2 Å². The number of halogens is 1. The number of rotatable bonds is 5. The Labute approximate surface area is 159 Å². The lowest BCUT2D eigenvalue weighted by molar-refractivity contribution is -0.115. The van der Waals surface area contributed by atoms with Crippen LogP contribution in [0.3, 0.4) is 0 Å². The Morgan fingerprint density at radius 3 is 2.63 bits per heavy atom. The van der Waals surface area contributed by atoms with Crippen LogP contribution in [-0.2, 0) is 11.2 Å². The molecule has 0 aliphatic carbocycles. The lowest BCUT2D eigenvalue weighted by Crippen LogP contribution is -2.21. The molecule has 140 valence electrons. The van der Waals surface area contributed by atoms with E-state index in [0.717, 1.165) is 0 Å². The Morgan fingerprint density at radius 2 is 2.00 bits per heavy atom. The Balaban J connectivity index is 1.96. The molecule has 0 aliphatic heterocycles. The number of pyridine rings is 1. The van der Waals surface area contributed by atoms with Gasteiger partial charge in [0.25, 0.3) is 0 Å². The van der Waals surface area contributed by atoms with Crippen molar-refractivity contribution in [1.82, 2.24) is 4.98 Å². The molecule has 8 heteroatoms. The van der Waals surface area contributed by atoms with Gasteiger partial charge in [-0.2, -0.15) is 0 Å². The molecule has 0 atom stereocenters.